The summed E-state index contributed by atoms with van der Waals surface area (Å²) in [5.74, 6) is 0. The van der Waals surface area contributed by atoms with Crippen molar-refractivity contribution in [3.8, 4) is 11.1 Å². The van der Waals surface area contributed by atoms with Gasteiger partial charge in [-0.25, -0.2) is 0 Å². The third-order valence-corrected chi connectivity index (χ3v) is 17.9. The van der Waals surface area contributed by atoms with Gasteiger partial charge in [-0.1, -0.05) is 179 Å². The van der Waals surface area contributed by atoms with Crippen molar-refractivity contribution in [3.63, 3.8) is 0 Å². The molecule has 0 aromatic heterocycles. The lowest BCUT2D eigenvalue weighted by Crippen LogP contribution is -2.62. The molecule has 2 unspecified atom stereocenters. The van der Waals surface area contributed by atoms with E-state index in [0.717, 1.165) is 19.3 Å². The Morgan fingerprint density at radius 2 is 0.870 bits per heavy atom. The molecule has 0 fully saturated rings. The molecule has 0 spiro atoms. The van der Waals surface area contributed by atoms with Gasteiger partial charge >= 0.3 is 0 Å². The SMILES string of the molecule is Cc1ccc(C(C)(C)C)cc1N1c2cc(C(C)(C)C)ccc2B2c3cc4c5cc3N(c3ccc(C(C)(C)C)cc3-c3ccc6c(c3)C(C)(C)CC6(C)CC5(C)CC4(C)C)c3cc(C(C)(C)C)cc1c32. The van der Waals surface area contributed by atoms with Crippen LogP contribution in [0.3, 0.4) is 0 Å². The van der Waals surface area contributed by atoms with Gasteiger partial charge in [-0.3, -0.25) is 0 Å². The van der Waals surface area contributed by atoms with Crippen molar-refractivity contribution in [2.24, 2.45) is 0 Å². The number of benzene rings is 6. The maximum Gasteiger partial charge on any atom is 0.252 e. The van der Waals surface area contributed by atoms with E-state index in [2.05, 4.69) is 238 Å². The van der Waals surface area contributed by atoms with E-state index in [0.29, 0.717) is 0 Å². The molecule has 0 radical (unpaired) electrons. The van der Waals surface area contributed by atoms with Crippen LogP contribution in [-0.2, 0) is 43.3 Å². The molecule has 6 aliphatic rings. The number of fused-ring (bicyclic) bond motifs is 4. The van der Waals surface area contributed by atoms with Crippen molar-refractivity contribution in [2.45, 2.75) is 194 Å². The molecular weight excluding hydrogens is 832 g/mol. The fraction of sp³-hybridized carbons (Fsp3) is 0.455. The van der Waals surface area contributed by atoms with Gasteiger partial charge in [0.2, 0.25) is 0 Å². The molecule has 0 saturated carbocycles. The molecule has 356 valence electrons. The van der Waals surface area contributed by atoms with Gasteiger partial charge in [0, 0.05) is 34.0 Å². The van der Waals surface area contributed by atoms with E-state index in [9.17, 15) is 0 Å². The van der Waals surface area contributed by atoms with Gasteiger partial charge in [-0.2, -0.15) is 0 Å². The van der Waals surface area contributed by atoms with Crippen LogP contribution in [0.5, 0.6) is 0 Å². The normalized spacial score (nSPS) is 21.6. The van der Waals surface area contributed by atoms with Crippen molar-refractivity contribution in [1.29, 1.82) is 0 Å². The Kier molecular flexibility index (Phi) is 9.48. The number of nitrogens with zero attached hydrogens (tertiary/aromatic N) is 2. The lowest BCUT2D eigenvalue weighted by Gasteiger charge is -2.46. The highest BCUT2D eigenvalue weighted by Crippen LogP contribution is 2.62. The molecular formula is C66H79BN2. The molecule has 3 heteroatoms. The topological polar surface area (TPSA) is 6.48 Å². The van der Waals surface area contributed by atoms with E-state index in [-0.39, 0.29) is 50.0 Å². The summed E-state index contributed by atoms with van der Waals surface area (Å²) in [6.45, 7) is 46.2. The second-order valence-electron chi connectivity index (χ2n) is 28.7. The van der Waals surface area contributed by atoms with E-state index in [4.69, 9.17) is 0 Å². The van der Waals surface area contributed by atoms with E-state index < -0.39 is 0 Å². The maximum absolute atomic E-state index is 2.76. The standard InChI is InChI=1S/C66H79BN2/c1-39-20-22-42(60(5,6)7)30-53(39)69-54-31-43(61(8,9)10)23-26-50(54)67-51-34-48-49-35-55(51)68(56-32-44(62(11,12)13)33-57(69)58(56)67)52-27-24-41(59(2,3)4)29-45(52)40-21-25-46-47(28-40)63(14,15)36-65(46,18)38-66(49,19)37-64(48,16)17/h20-35H,36-38H2,1-19H3. The Labute approximate surface area is 417 Å². The molecule has 6 aromatic rings. The van der Waals surface area contributed by atoms with Crippen LogP contribution in [-0.4, -0.2) is 6.71 Å². The van der Waals surface area contributed by atoms with Crippen molar-refractivity contribution < 1.29 is 0 Å². The fourth-order valence-corrected chi connectivity index (χ4v) is 14.6. The van der Waals surface area contributed by atoms with Crippen LogP contribution in [0, 0.1) is 6.92 Å². The lowest BCUT2D eigenvalue weighted by atomic mass is 9.33. The fourth-order valence-electron chi connectivity index (χ4n) is 14.6. The predicted molar refractivity (Wildman–Crippen MR) is 300 cm³/mol. The summed E-state index contributed by atoms with van der Waals surface area (Å²) in [5.41, 5.74) is 27.5. The molecule has 4 heterocycles. The summed E-state index contributed by atoms with van der Waals surface area (Å²) in [4.78, 5) is 5.46. The number of hydrogen-bond acceptors (Lipinski definition) is 2. The Morgan fingerprint density at radius 1 is 0.391 bits per heavy atom. The molecule has 0 amide bonds. The average Bonchev–Trinajstić information content (AvgIpc) is 3.56. The number of aryl methyl sites for hydroxylation is 1. The molecule has 12 rings (SSSR count). The van der Waals surface area contributed by atoms with Gasteiger partial charge in [0.25, 0.3) is 6.71 Å². The van der Waals surface area contributed by atoms with E-state index in [1.807, 2.05) is 0 Å². The van der Waals surface area contributed by atoms with E-state index in [1.165, 1.54) is 101 Å². The summed E-state index contributed by atoms with van der Waals surface area (Å²) in [6, 6.07) is 40.6. The minimum absolute atomic E-state index is 0.00102. The van der Waals surface area contributed by atoms with Crippen LogP contribution in [0.1, 0.15) is 194 Å². The third-order valence-electron chi connectivity index (χ3n) is 17.9. The quantitative estimate of drug-likeness (QED) is 0.151. The summed E-state index contributed by atoms with van der Waals surface area (Å²) in [7, 11) is 0. The molecule has 2 aliphatic carbocycles. The van der Waals surface area contributed by atoms with Crippen LogP contribution in [0.25, 0.3) is 11.1 Å². The molecule has 69 heavy (non-hydrogen) atoms. The van der Waals surface area contributed by atoms with Crippen molar-refractivity contribution in [1.82, 2.24) is 0 Å². The van der Waals surface area contributed by atoms with Crippen LogP contribution < -0.4 is 26.2 Å². The first-order valence-electron chi connectivity index (χ1n) is 26.3. The molecule has 4 aliphatic heterocycles. The molecule has 0 saturated heterocycles. The Bertz CT molecular complexity index is 3190. The predicted octanol–water partition coefficient (Wildman–Crippen LogP) is 16.2. The smallest absolute Gasteiger partial charge is 0.252 e. The second kappa shape index (κ2) is 14.1. The Hall–Kier alpha value is -5.02. The van der Waals surface area contributed by atoms with Crippen molar-refractivity contribution >= 4 is 57.2 Å². The zero-order chi connectivity index (χ0) is 49.7. The zero-order valence-corrected chi connectivity index (χ0v) is 45.8. The average molecular weight is 911 g/mol. The number of anilines is 6. The van der Waals surface area contributed by atoms with Gasteiger partial charge in [0.05, 0.1) is 5.69 Å². The summed E-state index contributed by atoms with van der Waals surface area (Å²) < 4.78 is 0. The van der Waals surface area contributed by atoms with Crippen LogP contribution in [0.15, 0.2) is 97.1 Å². The Balaban J connectivity index is 1.33. The van der Waals surface area contributed by atoms with Gasteiger partial charge in [0.1, 0.15) is 0 Å². The molecule has 2 atom stereocenters. The second-order valence-corrected chi connectivity index (χ2v) is 28.7. The van der Waals surface area contributed by atoms with E-state index in [1.54, 1.807) is 11.1 Å². The lowest BCUT2D eigenvalue weighted by molar-refractivity contribution is 0.254. The maximum atomic E-state index is 2.76. The van der Waals surface area contributed by atoms with Crippen LogP contribution >= 0.6 is 0 Å². The van der Waals surface area contributed by atoms with Crippen LogP contribution in [0.2, 0.25) is 0 Å². The molecule has 2 nitrogen and oxygen atoms in total. The number of rotatable bonds is 1. The van der Waals surface area contributed by atoms with Gasteiger partial charge < -0.3 is 9.80 Å². The first-order valence-corrected chi connectivity index (χ1v) is 26.3. The van der Waals surface area contributed by atoms with Crippen LogP contribution in [0.4, 0.5) is 34.1 Å². The van der Waals surface area contributed by atoms with Gasteiger partial charge in [-0.15, -0.1) is 0 Å². The summed E-state index contributed by atoms with van der Waals surface area (Å²) in [5, 5.41) is 0. The first kappa shape index (κ1) is 46.4. The van der Waals surface area contributed by atoms with Gasteiger partial charge in [-0.05, 0) is 184 Å². The minimum Gasteiger partial charge on any atom is -0.311 e. The first-order chi connectivity index (χ1) is 31.8. The molecule has 6 aromatic carbocycles. The van der Waals surface area contributed by atoms with E-state index >= 15 is 0 Å². The van der Waals surface area contributed by atoms with Crippen molar-refractivity contribution in [3.05, 3.63) is 147 Å². The zero-order valence-electron chi connectivity index (χ0n) is 45.8. The minimum atomic E-state index is -0.121. The Morgan fingerprint density at radius 3 is 1.46 bits per heavy atom. The highest BCUT2D eigenvalue weighted by molar-refractivity contribution is 7.00. The van der Waals surface area contributed by atoms with Gasteiger partial charge in [0.15, 0.2) is 0 Å². The summed E-state index contributed by atoms with van der Waals surface area (Å²) in [6.07, 6.45) is 3.42. The summed E-state index contributed by atoms with van der Waals surface area (Å²) >= 11 is 0. The third kappa shape index (κ3) is 6.85. The van der Waals surface area contributed by atoms with Crippen molar-refractivity contribution in [2.75, 3.05) is 9.80 Å². The molecule has 6 bridgehead atoms. The molecule has 0 N–H and O–H groups in total. The largest absolute Gasteiger partial charge is 0.311 e. The highest BCUT2D eigenvalue weighted by Gasteiger charge is 2.55. The number of hydrogen-bond donors (Lipinski definition) is 0. The highest BCUT2D eigenvalue weighted by atomic mass is 15.2. The monoisotopic (exact) mass is 911 g/mol.